The first kappa shape index (κ1) is 32.8. The van der Waals surface area contributed by atoms with Crippen LogP contribution in [-0.2, 0) is 11.2 Å². The molecule has 230 valence electrons. The van der Waals surface area contributed by atoms with E-state index >= 15 is 0 Å². The molecule has 14 heteroatoms. The van der Waals surface area contributed by atoms with Crippen LogP contribution in [0.15, 0.2) is 60.8 Å². The summed E-state index contributed by atoms with van der Waals surface area (Å²) in [7, 11) is 6.38. The predicted octanol–water partition coefficient (Wildman–Crippen LogP) is 5.90. The minimum Gasteiger partial charge on any atom is -0.508 e. The third-order valence-electron chi connectivity index (χ3n) is 6.03. The van der Waals surface area contributed by atoms with Crippen LogP contribution in [0.2, 0.25) is 0 Å². The molecule has 3 N–H and O–H groups in total. The van der Waals surface area contributed by atoms with Crippen molar-refractivity contribution in [2.24, 2.45) is 0 Å². The maximum absolute atomic E-state index is 10.6. The van der Waals surface area contributed by atoms with E-state index in [0.29, 0.717) is 35.1 Å². The van der Waals surface area contributed by atoms with Gasteiger partial charge in [-0.15, -0.1) is 0 Å². The number of aromatic hydroxyl groups is 1. The molecule has 0 saturated heterocycles. The van der Waals surface area contributed by atoms with Crippen LogP contribution in [0.4, 0.5) is 13.2 Å². The van der Waals surface area contributed by atoms with Crippen molar-refractivity contribution in [3.05, 3.63) is 66.4 Å². The molecule has 3 aromatic carbocycles. The second-order valence-electron chi connectivity index (χ2n) is 8.72. The van der Waals surface area contributed by atoms with Crippen LogP contribution < -0.4 is 18.9 Å². The SMILES string of the molecule is COc1cc2c(-c3ccc(O)cc3)nc3[nH]ncc3c2cc1OC.COc1ccc(CC#N)cc1OC.O=C(O)C(F)(F)F. The number of H-pyrrole nitrogens is 1. The number of pyridine rings is 1. The summed E-state index contributed by atoms with van der Waals surface area (Å²) in [5, 5.41) is 35.0. The Morgan fingerprint density at radius 3 is 1.93 bits per heavy atom. The van der Waals surface area contributed by atoms with Crippen molar-refractivity contribution in [2.45, 2.75) is 12.6 Å². The molecule has 0 unspecified atom stereocenters. The predicted molar refractivity (Wildman–Crippen MR) is 154 cm³/mol. The fourth-order valence-corrected chi connectivity index (χ4v) is 3.95. The number of phenolic OH excluding ortho intramolecular Hbond substituents is 1. The lowest BCUT2D eigenvalue weighted by Gasteiger charge is -2.12. The van der Waals surface area contributed by atoms with Gasteiger partial charge in [-0.05, 0) is 54.1 Å². The number of aromatic nitrogens is 3. The topological polar surface area (TPSA) is 160 Å². The van der Waals surface area contributed by atoms with Crippen LogP contribution in [0.3, 0.4) is 0 Å². The van der Waals surface area contributed by atoms with Gasteiger partial charge in [0, 0.05) is 21.7 Å². The average Bonchev–Trinajstić information content (AvgIpc) is 3.49. The van der Waals surface area contributed by atoms with Crippen LogP contribution >= 0.6 is 0 Å². The van der Waals surface area contributed by atoms with Gasteiger partial charge >= 0.3 is 12.1 Å². The van der Waals surface area contributed by atoms with E-state index in [9.17, 15) is 18.3 Å². The Hall–Kier alpha value is -5.71. The first-order valence-electron chi connectivity index (χ1n) is 12.5. The first-order chi connectivity index (χ1) is 21.0. The minimum atomic E-state index is -5.08. The summed E-state index contributed by atoms with van der Waals surface area (Å²) in [6, 6.07) is 18.3. The van der Waals surface area contributed by atoms with E-state index in [2.05, 4.69) is 16.3 Å². The summed E-state index contributed by atoms with van der Waals surface area (Å²) in [5.74, 6) is 0.0851. The van der Waals surface area contributed by atoms with Gasteiger partial charge in [-0.3, -0.25) is 5.10 Å². The number of carboxylic acid groups (broad SMARTS) is 1. The number of aromatic amines is 1. The van der Waals surface area contributed by atoms with Crippen molar-refractivity contribution in [1.82, 2.24) is 15.2 Å². The van der Waals surface area contributed by atoms with Crippen molar-refractivity contribution < 1.29 is 47.1 Å². The van der Waals surface area contributed by atoms with Crippen LogP contribution in [0.5, 0.6) is 28.7 Å². The maximum Gasteiger partial charge on any atom is 0.490 e. The van der Waals surface area contributed by atoms with E-state index in [1.807, 2.05) is 36.4 Å². The molecule has 0 fully saturated rings. The van der Waals surface area contributed by atoms with Crippen molar-refractivity contribution in [1.29, 1.82) is 5.26 Å². The molecule has 0 radical (unpaired) electrons. The van der Waals surface area contributed by atoms with E-state index in [4.69, 9.17) is 39.1 Å². The fourth-order valence-electron chi connectivity index (χ4n) is 3.95. The highest BCUT2D eigenvalue weighted by atomic mass is 19.4. The third-order valence-corrected chi connectivity index (χ3v) is 6.03. The lowest BCUT2D eigenvalue weighted by molar-refractivity contribution is -0.192. The number of nitrogens with zero attached hydrogens (tertiary/aromatic N) is 3. The van der Waals surface area contributed by atoms with Gasteiger partial charge in [0.15, 0.2) is 28.6 Å². The summed E-state index contributed by atoms with van der Waals surface area (Å²) < 4.78 is 52.7. The Morgan fingerprint density at radius 2 is 1.41 bits per heavy atom. The molecular weight excluding hydrogens is 585 g/mol. The number of phenols is 1. The van der Waals surface area contributed by atoms with Crippen LogP contribution in [0, 0.1) is 11.3 Å². The molecule has 44 heavy (non-hydrogen) atoms. The maximum atomic E-state index is 10.6. The minimum absolute atomic E-state index is 0.213. The second-order valence-corrected chi connectivity index (χ2v) is 8.72. The Balaban J connectivity index is 0.000000222. The van der Waals surface area contributed by atoms with Gasteiger partial charge in [-0.1, -0.05) is 6.07 Å². The summed E-state index contributed by atoms with van der Waals surface area (Å²) in [6.45, 7) is 0. The zero-order valence-corrected chi connectivity index (χ0v) is 23.9. The third kappa shape index (κ3) is 7.77. The number of carboxylic acids is 1. The van der Waals surface area contributed by atoms with Crippen molar-refractivity contribution in [2.75, 3.05) is 28.4 Å². The van der Waals surface area contributed by atoms with Crippen LogP contribution in [-0.4, -0.2) is 66.0 Å². The zero-order chi connectivity index (χ0) is 32.4. The number of aliphatic carboxylic acids is 1. The van der Waals surface area contributed by atoms with Crippen molar-refractivity contribution in [3.63, 3.8) is 0 Å². The van der Waals surface area contributed by atoms with Crippen LogP contribution in [0.25, 0.3) is 33.1 Å². The quantitative estimate of drug-likeness (QED) is 0.211. The molecule has 2 heterocycles. The first-order valence-corrected chi connectivity index (χ1v) is 12.5. The number of rotatable bonds is 6. The van der Waals surface area contributed by atoms with E-state index in [0.717, 1.165) is 33.0 Å². The van der Waals surface area contributed by atoms with Crippen LogP contribution in [0.1, 0.15) is 5.56 Å². The van der Waals surface area contributed by atoms with E-state index < -0.39 is 12.1 Å². The number of alkyl halides is 3. The number of fused-ring (bicyclic) bond motifs is 3. The normalized spacial score (nSPS) is 10.5. The smallest absolute Gasteiger partial charge is 0.490 e. The number of nitriles is 1. The number of halogens is 3. The van der Waals surface area contributed by atoms with E-state index in [-0.39, 0.29) is 5.75 Å². The lowest BCUT2D eigenvalue weighted by atomic mass is 10.0. The molecule has 11 nitrogen and oxygen atoms in total. The number of hydrogen-bond donors (Lipinski definition) is 3. The molecule has 0 spiro atoms. The monoisotopic (exact) mass is 612 g/mol. The largest absolute Gasteiger partial charge is 0.508 e. The van der Waals surface area contributed by atoms with Gasteiger partial charge in [0.1, 0.15) is 5.75 Å². The number of hydrogen-bond acceptors (Lipinski definition) is 9. The molecule has 0 aliphatic carbocycles. The number of carbonyl (C=O) groups is 1. The molecule has 0 saturated carbocycles. The molecule has 0 aliphatic rings. The van der Waals surface area contributed by atoms with E-state index in [1.165, 1.54) is 0 Å². The summed E-state index contributed by atoms with van der Waals surface area (Å²) >= 11 is 0. The number of methoxy groups -OCH3 is 4. The molecule has 0 atom stereocenters. The number of ether oxygens (including phenoxy) is 4. The molecule has 5 rings (SSSR count). The molecule has 0 amide bonds. The Labute approximate surface area is 249 Å². The average molecular weight is 613 g/mol. The van der Waals surface area contributed by atoms with Crippen molar-refractivity contribution >= 4 is 27.8 Å². The molecule has 0 bridgehead atoms. The highest BCUT2D eigenvalue weighted by Gasteiger charge is 2.38. The fraction of sp³-hybridized carbons (Fsp3) is 0.200. The second kappa shape index (κ2) is 14.5. The lowest BCUT2D eigenvalue weighted by Crippen LogP contribution is -2.21. The Bertz CT molecular complexity index is 1780. The Morgan fingerprint density at radius 1 is 0.864 bits per heavy atom. The summed E-state index contributed by atoms with van der Waals surface area (Å²) in [5.41, 5.74) is 3.29. The van der Waals surface area contributed by atoms with Crippen molar-refractivity contribution in [3.8, 4) is 46.1 Å². The van der Waals surface area contributed by atoms with Gasteiger partial charge < -0.3 is 29.2 Å². The van der Waals surface area contributed by atoms with Gasteiger partial charge in [0.05, 0.1) is 52.8 Å². The Kier molecular flexibility index (Phi) is 10.8. The standard InChI is InChI=1S/C18H15N3O3.C10H11NO2.C2HF3O2/c1-23-15-7-12-13(8-16(15)24-2)17(10-3-5-11(22)6-4-10)20-18-14(12)9-19-21-18;1-12-9-4-3-8(5-6-11)7-10(9)13-2;3-2(4,5)1(6)7/h3-9,22H,1-2H3,(H,19,20,21);3-4,7H,5H2,1-2H3;(H,6,7). The summed E-state index contributed by atoms with van der Waals surface area (Å²) in [6.07, 6.45) is -2.95. The molecule has 2 aromatic heterocycles. The molecule has 5 aromatic rings. The number of benzene rings is 3. The van der Waals surface area contributed by atoms with Gasteiger partial charge in [-0.25, -0.2) is 9.78 Å². The molecule has 0 aliphatic heterocycles. The van der Waals surface area contributed by atoms with Gasteiger partial charge in [-0.2, -0.15) is 23.5 Å². The molecular formula is C30H27F3N4O7. The van der Waals surface area contributed by atoms with E-state index in [1.54, 1.807) is 52.8 Å². The van der Waals surface area contributed by atoms with Gasteiger partial charge in [0.25, 0.3) is 0 Å². The summed E-state index contributed by atoms with van der Waals surface area (Å²) in [4.78, 5) is 13.6. The highest BCUT2D eigenvalue weighted by molar-refractivity contribution is 6.11. The highest BCUT2D eigenvalue weighted by Crippen LogP contribution is 2.39. The number of nitrogens with one attached hydrogen (secondary N) is 1. The van der Waals surface area contributed by atoms with Gasteiger partial charge in [0.2, 0.25) is 0 Å². The zero-order valence-electron chi connectivity index (χ0n) is 23.9.